The van der Waals surface area contributed by atoms with Gasteiger partial charge in [-0.25, -0.2) is 0 Å². The van der Waals surface area contributed by atoms with Crippen LogP contribution in [0.4, 0.5) is 0 Å². The summed E-state index contributed by atoms with van der Waals surface area (Å²) in [5.41, 5.74) is -0.128. The molecule has 4 heteroatoms. The lowest BCUT2D eigenvalue weighted by Gasteiger charge is -1.95. The van der Waals surface area contributed by atoms with Crippen LogP contribution < -0.4 is 0 Å². The van der Waals surface area contributed by atoms with Gasteiger partial charge in [-0.1, -0.05) is 6.08 Å². The molecule has 0 aromatic rings. The summed E-state index contributed by atoms with van der Waals surface area (Å²) in [6, 6.07) is 0. The van der Waals surface area contributed by atoms with Crippen molar-refractivity contribution in [2.24, 2.45) is 0 Å². The molecule has 1 aliphatic carbocycles. The van der Waals surface area contributed by atoms with Crippen molar-refractivity contribution in [2.45, 2.75) is 6.42 Å². The number of nitro groups is 1. The van der Waals surface area contributed by atoms with Gasteiger partial charge in [0.25, 0.3) is 5.70 Å². The lowest BCUT2D eigenvalue weighted by Crippen LogP contribution is -2.03. The predicted octanol–water partition coefficient (Wildman–Crippen LogP) is 0.676. The Hall–Kier alpha value is -1.45. The molecule has 0 saturated heterocycles. The van der Waals surface area contributed by atoms with Crippen LogP contribution in [-0.4, -0.2) is 10.7 Å². The first-order chi connectivity index (χ1) is 4.70. The summed E-state index contributed by atoms with van der Waals surface area (Å²) in [6.07, 6.45) is 4.14. The summed E-state index contributed by atoms with van der Waals surface area (Å²) >= 11 is 0. The van der Waals surface area contributed by atoms with Gasteiger partial charge in [-0.15, -0.1) is 0 Å². The minimum atomic E-state index is -0.576. The molecule has 0 amide bonds. The number of hydrogen-bond acceptors (Lipinski definition) is 3. The smallest absolute Gasteiger partial charge is 0.272 e. The fourth-order valence-corrected chi connectivity index (χ4v) is 0.681. The third kappa shape index (κ3) is 1.28. The molecule has 1 rings (SSSR count). The standard InChI is InChI=1S/C6H5NO3/c8-6-3-1-2-5(4-6)7(9)10/h1-2,4H,3H2. The second-order valence-corrected chi connectivity index (χ2v) is 1.90. The molecular weight excluding hydrogens is 134 g/mol. The van der Waals surface area contributed by atoms with E-state index < -0.39 is 4.92 Å². The molecule has 10 heavy (non-hydrogen) atoms. The van der Waals surface area contributed by atoms with Crippen LogP contribution in [-0.2, 0) is 4.79 Å². The highest BCUT2D eigenvalue weighted by atomic mass is 16.6. The van der Waals surface area contributed by atoms with Crippen molar-refractivity contribution in [3.05, 3.63) is 34.0 Å². The zero-order valence-corrected chi connectivity index (χ0v) is 5.11. The number of carbonyl (C=O) groups excluding carboxylic acids is 1. The van der Waals surface area contributed by atoms with E-state index in [1.54, 1.807) is 0 Å². The van der Waals surface area contributed by atoms with Crippen LogP contribution in [0.5, 0.6) is 0 Å². The summed E-state index contributed by atoms with van der Waals surface area (Å²) < 4.78 is 0. The molecule has 52 valence electrons. The van der Waals surface area contributed by atoms with Gasteiger partial charge in [0.1, 0.15) is 0 Å². The number of rotatable bonds is 1. The molecule has 0 bridgehead atoms. The molecule has 0 saturated carbocycles. The van der Waals surface area contributed by atoms with Crippen LogP contribution in [0.15, 0.2) is 23.9 Å². The highest BCUT2D eigenvalue weighted by molar-refractivity contribution is 5.92. The first-order valence-electron chi connectivity index (χ1n) is 2.75. The van der Waals surface area contributed by atoms with Crippen molar-refractivity contribution in [3.8, 4) is 0 Å². The first-order valence-corrected chi connectivity index (χ1v) is 2.75. The van der Waals surface area contributed by atoms with E-state index in [1.165, 1.54) is 12.2 Å². The fourth-order valence-electron chi connectivity index (χ4n) is 0.681. The predicted molar refractivity (Wildman–Crippen MR) is 33.8 cm³/mol. The maximum Gasteiger partial charge on any atom is 0.272 e. The van der Waals surface area contributed by atoms with Crippen molar-refractivity contribution in [1.29, 1.82) is 0 Å². The monoisotopic (exact) mass is 139 g/mol. The van der Waals surface area contributed by atoms with Crippen LogP contribution in [0.3, 0.4) is 0 Å². The summed E-state index contributed by atoms with van der Waals surface area (Å²) in [7, 11) is 0. The number of ketones is 1. The van der Waals surface area contributed by atoms with Gasteiger partial charge in [0, 0.05) is 12.5 Å². The molecule has 1 aliphatic rings. The van der Waals surface area contributed by atoms with Gasteiger partial charge < -0.3 is 0 Å². The van der Waals surface area contributed by atoms with E-state index in [9.17, 15) is 14.9 Å². The van der Waals surface area contributed by atoms with E-state index in [2.05, 4.69) is 0 Å². The van der Waals surface area contributed by atoms with Gasteiger partial charge in [-0.2, -0.15) is 0 Å². The van der Waals surface area contributed by atoms with E-state index in [1.807, 2.05) is 0 Å². The van der Waals surface area contributed by atoms with Crippen LogP contribution in [0.1, 0.15) is 6.42 Å². The minimum Gasteiger partial charge on any atom is -0.294 e. The summed E-state index contributed by atoms with van der Waals surface area (Å²) in [5.74, 6) is -0.214. The number of carbonyl (C=O) groups is 1. The van der Waals surface area contributed by atoms with Gasteiger partial charge in [-0.3, -0.25) is 14.9 Å². The van der Waals surface area contributed by atoms with Crippen LogP contribution in [0, 0.1) is 10.1 Å². The molecule has 0 unspecified atom stereocenters. The topological polar surface area (TPSA) is 60.2 Å². The quantitative estimate of drug-likeness (QED) is 0.396. The number of allylic oxidation sites excluding steroid dienone is 3. The molecule has 0 heterocycles. The summed E-state index contributed by atoms with van der Waals surface area (Å²) in [6.45, 7) is 0. The van der Waals surface area contributed by atoms with Gasteiger partial charge in [0.05, 0.1) is 11.0 Å². The highest BCUT2D eigenvalue weighted by Gasteiger charge is 2.12. The second kappa shape index (κ2) is 2.43. The molecule has 0 N–H and O–H groups in total. The lowest BCUT2D eigenvalue weighted by atomic mass is 10.1. The van der Waals surface area contributed by atoms with E-state index >= 15 is 0 Å². The fraction of sp³-hybridized carbons (Fsp3) is 0.167. The molecule has 0 atom stereocenters. The molecule has 0 radical (unpaired) electrons. The molecular formula is C6H5NO3. The average Bonchev–Trinajstić information content (AvgIpc) is 1.88. The van der Waals surface area contributed by atoms with Crippen molar-refractivity contribution >= 4 is 5.78 Å². The Morgan fingerprint density at radius 1 is 1.60 bits per heavy atom. The third-order valence-corrected chi connectivity index (χ3v) is 1.13. The van der Waals surface area contributed by atoms with E-state index in [0.717, 1.165) is 6.08 Å². The lowest BCUT2D eigenvalue weighted by molar-refractivity contribution is -0.419. The third-order valence-electron chi connectivity index (χ3n) is 1.13. The Bertz CT molecular complexity index is 237. The van der Waals surface area contributed by atoms with Crippen molar-refractivity contribution in [1.82, 2.24) is 0 Å². The van der Waals surface area contributed by atoms with Crippen molar-refractivity contribution in [3.63, 3.8) is 0 Å². The first kappa shape index (κ1) is 6.67. The number of hydrogen-bond donors (Lipinski definition) is 0. The number of nitrogens with zero attached hydrogens (tertiary/aromatic N) is 1. The maximum atomic E-state index is 10.5. The second-order valence-electron chi connectivity index (χ2n) is 1.90. The van der Waals surface area contributed by atoms with Crippen LogP contribution in [0.2, 0.25) is 0 Å². The van der Waals surface area contributed by atoms with E-state index in [4.69, 9.17) is 0 Å². The summed E-state index contributed by atoms with van der Waals surface area (Å²) in [4.78, 5) is 20.0. The normalized spacial score (nSPS) is 16.8. The minimum absolute atomic E-state index is 0.128. The van der Waals surface area contributed by atoms with E-state index in [0.29, 0.717) is 0 Å². The largest absolute Gasteiger partial charge is 0.294 e. The van der Waals surface area contributed by atoms with Crippen LogP contribution in [0.25, 0.3) is 0 Å². The van der Waals surface area contributed by atoms with Crippen LogP contribution >= 0.6 is 0 Å². The Balaban J connectivity index is 2.86. The summed E-state index contributed by atoms with van der Waals surface area (Å²) in [5, 5.41) is 10.0. The van der Waals surface area contributed by atoms with Gasteiger partial charge in [0.15, 0.2) is 5.78 Å². The molecule has 0 aliphatic heterocycles. The van der Waals surface area contributed by atoms with Gasteiger partial charge in [-0.05, 0) is 0 Å². The van der Waals surface area contributed by atoms with E-state index in [-0.39, 0.29) is 17.9 Å². The Labute approximate surface area is 57.0 Å². The van der Waals surface area contributed by atoms with Crippen molar-refractivity contribution < 1.29 is 9.72 Å². The molecule has 0 aromatic carbocycles. The molecule has 0 aromatic heterocycles. The average molecular weight is 139 g/mol. The molecule has 0 spiro atoms. The molecule has 4 nitrogen and oxygen atoms in total. The van der Waals surface area contributed by atoms with Gasteiger partial charge in [0.2, 0.25) is 0 Å². The SMILES string of the molecule is O=C1C=C([N+](=O)[O-])C=CC1. The Kier molecular flexibility index (Phi) is 1.62. The van der Waals surface area contributed by atoms with Crippen molar-refractivity contribution in [2.75, 3.05) is 0 Å². The highest BCUT2D eigenvalue weighted by Crippen LogP contribution is 2.06. The Morgan fingerprint density at radius 3 is 2.70 bits per heavy atom. The maximum absolute atomic E-state index is 10.5. The Morgan fingerprint density at radius 2 is 2.30 bits per heavy atom. The van der Waals surface area contributed by atoms with Gasteiger partial charge >= 0.3 is 0 Å². The zero-order chi connectivity index (χ0) is 7.56. The molecule has 0 fully saturated rings. The zero-order valence-electron chi connectivity index (χ0n) is 5.11.